The summed E-state index contributed by atoms with van der Waals surface area (Å²) in [5, 5.41) is 3.43. The standard InChI is InChI=1S/C18H32N2O/c1-5-11-19-13-17-15(8-12-21-17)14-20(4)16-6-9-18(2,3)10-7-16/h8,12,16,19H,5-7,9-11,13-14H2,1-4H3. The number of nitrogens with one attached hydrogen (secondary N) is 1. The largest absolute Gasteiger partial charge is 0.468 e. The molecule has 0 spiro atoms. The Bertz CT molecular complexity index is 415. The lowest BCUT2D eigenvalue weighted by atomic mass is 9.75. The molecule has 1 aliphatic carbocycles. The molecule has 0 unspecified atom stereocenters. The third kappa shape index (κ3) is 4.86. The van der Waals surface area contributed by atoms with Crippen molar-refractivity contribution in [1.82, 2.24) is 10.2 Å². The summed E-state index contributed by atoms with van der Waals surface area (Å²) in [6, 6.07) is 2.86. The maximum absolute atomic E-state index is 5.64. The van der Waals surface area contributed by atoms with Crippen LogP contribution in [0.2, 0.25) is 0 Å². The van der Waals surface area contributed by atoms with Crippen LogP contribution in [0.3, 0.4) is 0 Å². The Morgan fingerprint density at radius 3 is 2.71 bits per heavy atom. The number of rotatable bonds is 7. The topological polar surface area (TPSA) is 28.4 Å². The molecule has 0 amide bonds. The van der Waals surface area contributed by atoms with Crippen LogP contribution in [0.25, 0.3) is 0 Å². The number of hydrogen-bond donors (Lipinski definition) is 1. The summed E-state index contributed by atoms with van der Waals surface area (Å²) in [7, 11) is 2.26. The van der Waals surface area contributed by atoms with E-state index in [1.165, 1.54) is 31.2 Å². The highest BCUT2D eigenvalue weighted by Crippen LogP contribution is 2.36. The molecule has 3 nitrogen and oxygen atoms in total. The molecule has 3 heteroatoms. The van der Waals surface area contributed by atoms with E-state index in [1.54, 1.807) is 0 Å². The minimum atomic E-state index is 0.544. The van der Waals surface area contributed by atoms with Gasteiger partial charge in [-0.25, -0.2) is 0 Å². The minimum absolute atomic E-state index is 0.544. The third-order valence-corrected chi connectivity index (χ3v) is 4.90. The second kappa shape index (κ2) is 7.46. The molecule has 1 aromatic rings. The van der Waals surface area contributed by atoms with E-state index in [2.05, 4.69) is 44.1 Å². The van der Waals surface area contributed by atoms with Crippen molar-refractivity contribution in [3.8, 4) is 0 Å². The van der Waals surface area contributed by atoms with Crippen LogP contribution in [0.5, 0.6) is 0 Å². The van der Waals surface area contributed by atoms with Crippen molar-refractivity contribution in [3.05, 3.63) is 23.7 Å². The summed E-state index contributed by atoms with van der Waals surface area (Å²) in [6.45, 7) is 9.89. The van der Waals surface area contributed by atoms with Crippen molar-refractivity contribution in [2.75, 3.05) is 13.6 Å². The van der Waals surface area contributed by atoms with Gasteiger partial charge in [0.05, 0.1) is 12.8 Å². The van der Waals surface area contributed by atoms with Crippen LogP contribution in [-0.2, 0) is 13.1 Å². The molecule has 0 aliphatic heterocycles. The third-order valence-electron chi connectivity index (χ3n) is 4.90. The van der Waals surface area contributed by atoms with E-state index in [0.29, 0.717) is 5.41 Å². The average Bonchev–Trinajstić information content (AvgIpc) is 2.86. The van der Waals surface area contributed by atoms with Gasteiger partial charge >= 0.3 is 0 Å². The summed E-state index contributed by atoms with van der Waals surface area (Å²) < 4.78 is 5.64. The molecule has 0 radical (unpaired) electrons. The molecule has 1 N–H and O–H groups in total. The first-order valence-corrected chi connectivity index (χ1v) is 8.48. The molecule has 120 valence electrons. The summed E-state index contributed by atoms with van der Waals surface area (Å²) in [5.41, 5.74) is 1.88. The fourth-order valence-corrected chi connectivity index (χ4v) is 3.26. The first-order valence-electron chi connectivity index (χ1n) is 8.48. The highest BCUT2D eigenvalue weighted by Gasteiger charge is 2.29. The second-order valence-electron chi connectivity index (χ2n) is 7.36. The summed E-state index contributed by atoms with van der Waals surface area (Å²) >= 11 is 0. The van der Waals surface area contributed by atoms with Crippen molar-refractivity contribution >= 4 is 0 Å². The van der Waals surface area contributed by atoms with Gasteiger partial charge in [-0.05, 0) is 57.2 Å². The first-order chi connectivity index (χ1) is 10.0. The molecule has 2 rings (SSSR count). The van der Waals surface area contributed by atoms with Crippen LogP contribution in [-0.4, -0.2) is 24.5 Å². The van der Waals surface area contributed by atoms with E-state index in [0.717, 1.165) is 37.9 Å². The Morgan fingerprint density at radius 2 is 2.05 bits per heavy atom. The zero-order valence-corrected chi connectivity index (χ0v) is 14.2. The lowest BCUT2D eigenvalue weighted by Crippen LogP contribution is -2.36. The van der Waals surface area contributed by atoms with Crippen molar-refractivity contribution in [1.29, 1.82) is 0 Å². The van der Waals surface area contributed by atoms with Gasteiger partial charge in [-0.15, -0.1) is 0 Å². The van der Waals surface area contributed by atoms with Gasteiger partial charge in [-0.2, -0.15) is 0 Å². The fraction of sp³-hybridized carbons (Fsp3) is 0.778. The first kappa shape index (κ1) is 16.6. The molecule has 21 heavy (non-hydrogen) atoms. The monoisotopic (exact) mass is 292 g/mol. The summed E-state index contributed by atoms with van der Waals surface area (Å²) in [4.78, 5) is 2.52. The predicted molar refractivity (Wildman–Crippen MR) is 88.2 cm³/mol. The van der Waals surface area contributed by atoms with Gasteiger partial charge in [-0.3, -0.25) is 4.90 Å². The van der Waals surface area contributed by atoms with Gasteiger partial charge in [0.2, 0.25) is 0 Å². The molecule has 0 saturated heterocycles. The van der Waals surface area contributed by atoms with Crippen LogP contribution < -0.4 is 5.32 Å². The molecule has 1 aromatic heterocycles. The van der Waals surface area contributed by atoms with Gasteiger partial charge in [0.25, 0.3) is 0 Å². The zero-order valence-electron chi connectivity index (χ0n) is 14.2. The number of hydrogen-bond acceptors (Lipinski definition) is 3. The molecule has 1 aliphatic rings. The Hall–Kier alpha value is -0.800. The van der Waals surface area contributed by atoms with Gasteiger partial charge in [-0.1, -0.05) is 20.8 Å². The summed E-state index contributed by atoms with van der Waals surface area (Å²) in [6.07, 6.45) is 8.33. The van der Waals surface area contributed by atoms with Gasteiger partial charge in [0, 0.05) is 18.2 Å². The van der Waals surface area contributed by atoms with Crippen LogP contribution in [0.15, 0.2) is 16.7 Å². The van der Waals surface area contributed by atoms with E-state index in [-0.39, 0.29) is 0 Å². The van der Waals surface area contributed by atoms with Crippen LogP contribution in [0.1, 0.15) is 64.2 Å². The van der Waals surface area contributed by atoms with E-state index >= 15 is 0 Å². The highest BCUT2D eigenvalue weighted by molar-refractivity contribution is 5.17. The van der Waals surface area contributed by atoms with Crippen LogP contribution in [0, 0.1) is 5.41 Å². The lowest BCUT2D eigenvalue weighted by molar-refractivity contribution is 0.122. The van der Waals surface area contributed by atoms with Gasteiger partial charge < -0.3 is 9.73 Å². The Balaban J connectivity index is 1.85. The molecule has 0 atom stereocenters. The average molecular weight is 292 g/mol. The van der Waals surface area contributed by atoms with Crippen molar-refractivity contribution in [2.24, 2.45) is 5.41 Å². The quantitative estimate of drug-likeness (QED) is 0.764. The maximum Gasteiger partial charge on any atom is 0.122 e. The Labute approximate surface area is 130 Å². The molecule has 0 bridgehead atoms. The molecule has 1 fully saturated rings. The molecular weight excluding hydrogens is 260 g/mol. The Morgan fingerprint density at radius 1 is 1.33 bits per heavy atom. The SMILES string of the molecule is CCCNCc1occc1CN(C)C1CCC(C)(C)CC1. The Kier molecular flexibility index (Phi) is 5.88. The molecule has 0 aromatic carbocycles. The fourth-order valence-electron chi connectivity index (χ4n) is 3.26. The van der Waals surface area contributed by atoms with E-state index < -0.39 is 0 Å². The van der Waals surface area contributed by atoms with E-state index in [9.17, 15) is 0 Å². The van der Waals surface area contributed by atoms with E-state index in [1.807, 2.05) is 6.26 Å². The molecule has 1 heterocycles. The van der Waals surface area contributed by atoms with Crippen molar-refractivity contribution in [2.45, 2.75) is 72.0 Å². The smallest absolute Gasteiger partial charge is 0.122 e. The highest BCUT2D eigenvalue weighted by atomic mass is 16.3. The zero-order chi connectivity index (χ0) is 15.3. The van der Waals surface area contributed by atoms with Gasteiger partial charge in [0.1, 0.15) is 5.76 Å². The lowest BCUT2D eigenvalue weighted by Gasteiger charge is -2.38. The second-order valence-corrected chi connectivity index (χ2v) is 7.36. The van der Waals surface area contributed by atoms with Gasteiger partial charge in [0.15, 0.2) is 0 Å². The predicted octanol–water partition coefficient (Wildman–Crippen LogP) is 4.18. The normalized spacial score (nSPS) is 19.3. The van der Waals surface area contributed by atoms with Crippen molar-refractivity contribution in [3.63, 3.8) is 0 Å². The maximum atomic E-state index is 5.64. The van der Waals surface area contributed by atoms with E-state index in [4.69, 9.17) is 4.42 Å². The van der Waals surface area contributed by atoms with Crippen LogP contribution in [0.4, 0.5) is 0 Å². The summed E-state index contributed by atoms with van der Waals surface area (Å²) in [5.74, 6) is 1.10. The minimum Gasteiger partial charge on any atom is -0.468 e. The molecular formula is C18H32N2O. The van der Waals surface area contributed by atoms with Crippen molar-refractivity contribution < 1.29 is 4.42 Å². The molecule has 1 saturated carbocycles. The van der Waals surface area contributed by atoms with Crippen LogP contribution >= 0.6 is 0 Å². The number of nitrogens with zero attached hydrogens (tertiary/aromatic N) is 1. The number of furan rings is 1.